The summed E-state index contributed by atoms with van der Waals surface area (Å²) in [6, 6.07) is 20.5. The fraction of sp³-hybridized carbons (Fsp3) is 0.0800. The van der Waals surface area contributed by atoms with Gasteiger partial charge in [0.05, 0.1) is 36.0 Å². The normalized spacial score (nSPS) is 10.9. The average Bonchev–Trinajstić information content (AvgIpc) is 3.28. The van der Waals surface area contributed by atoms with Gasteiger partial charge in [-0.1, -0.05) is 12.1 Å². The molecule has 1 N–H and O–H groups in total. The van der Waals surface area contributed by atoms with Crippen molar-refractivity contribution in [2.24, 2.45) is 0 Å². The minimum Gasteiger partial charge on any atom is -0.497 e. The van der Waals surface area contributed by atoms with Gasteiger partial charge in [-0.15, -0.1) is 0 Å². The molecule has 1 amide bonds. The number of hydrogen-bond acceptors (Lipinski definition) is 6. The summed E-state index contributed by atoms with van der Waals surface area (Å²) in [4.78, 5) is 26.0. The number of carbonyl (C=O) groups is 1. The van der Waals surface area contributed by atoms with Crippen molar-refractivity contribution < 1.29 is 9.53 Å². The van der Waals surface area contributed by atoms with E-state index < -0.39 is 0 Å². The van der Waals surface area contributed by atoms with Crippen molar-refractivity contribution in [3.63, 3.8) is 0 Å². The largest absolute Gasteiger partial charge is 0.497 e. The summed E-state index contributed by atoms with van der Waals surface area (Å²) >= 11 is 3.42. The predicted octanol–water partition coefficient (Wildman–Crippen LogP) is 4.83. The first-order chi connectivity index (χ1) is 16.6. The standard InChI is InChI=1S/C25H19BrN6O2/c1-34-19-8-6-17(7-9-19)29-25(33)15-18-14-22(32(31-18)24-4-2-3-23(26)30-24)16-5-10-20-21(13-16)28-12-11-27-20/h2-14H,15H2,1H3,(H,29,33). The first-order valence-electron chi connectivity index (χ1n) is 10.5. The maximum Gasteiger partial charge on any atom is 0.230 e. The topological polar surface area (TPSA) is 94.8 Å². The monoisotopic (exact) mass is 514 g/mol. The molecule has 0 aliphatic heterocycles. The van der Waals surface area contributed by atoms with Crippen molar-refractivity contribution >= 4 is 38.6 Å². The van der Waals surface area contributed by atoms with Gasteiger partial charge in [-0.25, -0.2) is 9.67 Å². The third-order valence-electron chi connectivity index (χ3n) is 5.16. The second kappa shape index (κ2) is 9.40. The average molecular weight is 515 g/mol. The Morgan fingerprint density at radius 2 is 1.79 bits per heavy atom. The highest BCUT2D eigenvalue weighted by molar-refractivity contribution is 9.10. The molecule has 3 heterocycles. The fourth-order valence-corrected chi connectivity index (χ4v) is 3.91. The number of hydrogen-bond donors (Lipinski definition) is 1. The molecule has 0 spiro atoms. The van der Waals surface area contributed by atoms with Crippen LogP contribution in [0.2, 0.25) is 0 Å². The Kier molecular flexibility index (Phi) is 6.01. The molecule has 0 aliphatic rings. The van der Waals surface area contributed by atoms with Gasteiger partial charge in [-0.3, -0.25) is 14.8 Å². The highest BCUT2D eigenvalue weighted by Gasteiger charge is 2.16. The van der Waals surface area contributed by atoms with E-state index in [0.29, 0.717) is 21.8 Å². The van der Waals surface area contributed by atoms with Crippen molar-refractivity contribution in [2.45, 2.75) is 6.42 Å². The van der Waals surface area contributed by atoms with Gasteiger partial charge in [0.1, 0.15) is 10.4 Å². The van der Waals surface area contributed by atoms with Gasteiger partial charge in [0.25, 0.3) is 0 Å². The van der Waals surface area contributed by atoms with E-state index in [-0.39, 0.29) is 12.3 Å². The third kappa shape index (κ3) is 4.65. The zero-order valence-electron chi connectivity index (χ0n) is 18.1. The van der Waals surface area contributed by atoms with E-state index in [1.54, 1.807) is 48.5 Å². The number of pyridine rings is 1. The summed E-state index contributed by atoms with van der Waals surface area (Å²) in [7, 11) is 1.60. The second-order valence-corrected chi connectivity index (χ2v) is 8.28. The lowest BCUT2D eigenvalue weighted by Crippen LogP contribution is -2.15. The molecule has 0 fully saturated rings. The number of fused-ring (bicyclic) bond motifs is 1. The molecule has 2 aromatic carbocycles. The third-order valence-corrected chi connectivity index (χ3v) is 5.60. The van der Waals surface area contributed by atoms with Crippen LogP contribution in [0.1, 0.15) is 5.69 Å². The zero-order chi connectivity index (χ0) is 23.5. The number of ether oxygens (including phenoxy) is 1. The quantitative estimate of drug-likeness (QED) is 0.326. The number of rotatable bonds is 6. The molecule has 3 aromatic heterocycles. The van der Waals surface area contributed by atoms with Crippen LogP contribution in [0.15, 0.2) is 83.7 Å². The van der Waals surface area contributed by atoms with Crippen molar-refractivity contribution in [1.82, 2.24) is 24.7 Å². The minimum absolute atomic E-state index is 0.105. The summed E-state index contributed by atoms with van der Waals surface area (Å²) in [6.45, 7) is 0. The molecular weight excluding hydrogens is 496 g/mol. The van der Waals surface area contributed by atoms with Crippen LogP contribution in [0.25, 0.3) is 28.1 Å². The molecule has 0 radical (unpaired) electrons. The molecule has 0 aliphatic carbocycles. The van der Waals surface area contributed by atoms with Gasteiger partial charge >= 0.3 is 0 Å². The van der Waals surface area contributed by atoms with Crippen molar-refractivity contribution in [3.8, 4) is 22.8 Å². The summed E-state index contributed by atoms with van der Waals surface area (Å²) in [6.07, 6.45) is 3.43. The van der Waals surface area contributed by atoms with Gasteiger partial charge < -0.3 is 10.1 Å². The SMILES string of the molecule is COc1ccc(NC(=O)Cc2cc(-c3ccc4nccnc4c3)n(-c3cccc(Br)n3)n2)cc1. The number of nitrogens with zero attached hydrogens (tertiary/aromatic N) is 5. The predicted molar refractivity (Wildman–Crippen MR) is 133 cm³/mol. The van der Waals surface area contributed by atoms with Gasteiger partial charge in [0, 0.05) is 23.6 Å². The number of halogens is 1. The first kappa shape index (κ1) is 21.7. The van der Waals surface area contributed by atoms with Crippen LogP contribution in [0.5, 0.6) is 5.75 Å². The van der Waals surface area contributed by atoms with Gasteiger partial charge in [-0.05, 0) is 70.5 Å². The van der Waals surface area contributed by atoms with E-state index in [4.69, 9.17) is 9.84 Å². The zero-order valence-corrected chi connectivity index (χ0v) is 19.7. The van der Waals surface area contributed by atoms with Crippen LogP contribution in [0.3, 0.4) is 0 Å². The highest BCUT2D eigenvalue weighted by atomic mass is 79.9. The number of amides is 1. The Bertz CT molecular complexity index is 1480. The number of anilines is 1. The summed E-state index contributed by atoms with van der Waals surface area (Å²) in [5.74, 6) is 1.18. The summed E-state index contributed by atoms with van der Waals surface area (Å²) in [5.41, 5.74) is 4.56. The highest BCUT2D eigenvalue weighted by Crippen LogP contribution is 2.27. The van der Waals surface area contributed by atoms with E-state index in [9.17, 15) is 4.79 Å². The lowest BCUT2D eigenvalue weighted by molar-refractivity contribution is -0.115. The van der Waals surface area contributed by atoms with E-state index in [0.717, 1.165) is 28.0 Å². The van der Waals surface area contributed by atoms with Crippen LogP contribution >= 0.6 is 15.9 Å². The maximum absolute atomic E-state index is 12.7. The van der Waals surface area contributed by atoms with Crippen LogP contribution in [-0.2, 0) is 11.2 Å². The Hall–Kier alpha value is -4.11. The van der Waals surface area contributed by atoms with Crippen LogP contribution < -0.4 is 10.1 Å². The molecule has 0 saturated carbocycles. The van der Waals surface area contributed by atoms with E-state index >= 15 is 0 Å². The minimum atomic E-state index is -0.173. The van der Waals surface area contributed by atoms with Crippen LogP contribution in [0, 0.1) is 0 Å². The summed E-state index contributed by atoms with van der Waals surface area (Å²) in [5, 5.41) is 7.60. The second-order valence-electron chi connectivity index (χ2n) is 7.46. The number of benzene rings is 2. The molecule has 0 saturated heterocycles. The lowest BCUT2D eigenvalue weighted by Gasteiger charge is -2.08. The molecule has 0 unspecified atom stereocenters. The van der Waals surface area contributed by atoms with Gasteiger partial charge in [-0.2, -0.15) is 5.10 Å². The number of carbonyl (C=O) groups excluding carboxylic acids is 1. The van der Waals surface area contributed by atoms with Crippen molar-refractivity contribution in [2.75, 3.05) is 12.4 Å². The molecule has 168 valence electrons. The number of methoxy groups -OCH3 is 1. The molecular formula is C25H19BrN6O2. The number of nitrogens with one attached hydrogen (secondary N) is 1. The molecule has 5 rings (SSSR count). The number of aromatic nitrogens is 5. The Labute approximate surface area is 203 Å². The van der Waals surface area contributed by atoms with E-state index in [1.807, 2.05) is 42.5 Å². The Balaban J connectivity index is 1.48. The lowest BCUT2D eigenvalue weighted by atomic mass is 10.1. The van der Waals surface area contributed by atoms with Crippen LogP contribution in [-0.4, -0.2) is 37.7 Å². The molecule has 0 bridgehead atoms. The fourth-order valence-electron chi connectivity index (χ4n) is 3.58. The molecule has 0 atom stereocenters. The van der Waals surface area contributed by atoms with Crippen molar-refractivity contribution in [3.05, 3.63) is 89.4 Å². The Morgan fingerprint density at radius 3 is 2.56 bits per heavy atom. The molecule has 5 aromatic rings. The van der Waals surface area contributed by atoms with Gasteiger partial charge in [0.15, 0.2) is 5.82 Å². The molecule has 34 heavy (non-hydrogen) atoms. The maximum atomic E-state index is 12.7. The Morgan fingerprint density at radius 1 is 1.00 bits per heavy atom. The van der Waals surface area contributed by atoms with E-state index in [2.05, 4.69) is 36.2 Å². The van der Waals surface area contributed by atoms with Gasteiger partial charge in [0.2, 0.25) is 5.91 Å². The molecule has 9 heteroatoms. The smallest absolute Gasteiger partial charge is 0.230 e. The summed E-state index contributed by atoms with van der Waals surface area (Å²) < 4.78 is 7.59. The first-order valence-corrected chi connectivity index (χ1v) is 11.3. The molecule has 8 nitrogen and oxygen atoms in total. The van der Waals surface area contributed by atoms with E-state index in [1.165, 1.54) is 0 Å². The van der Waals surface area contributed by atoms with Crippen molar-refractivity contribution in [1.29, 1.82) is 0 Å². The van der Waals surface area contributed by atoms with Crippen LogP contribution in [0.4, 0.5) is 5.69 Å².